The maximum absolute atomic E-state index is 11.6. The van der Waals surface area contributed by atoms with Crippen LogP contribution in [0.3, 0.4) is 0 Å². The summed E-state index contributed by atoms with van der Waals surface area (Å²) in [5, 5.41) is 11.0. The van der Waals surface area contributed by atoms with Crippen LogP contribution in [0.25, 0.3) is 0 Å². The molecule has 0 aliphatic carbocycles. The Hall–Kier alpha value is -2.11. The number of nitrogens with one attached hydrogen (secondary N) is 1. The number of aromatic nitrogens is 4. The molecule has 2 aromatic rings. The van der Waals surface area contributed by atoms with E-state index in [0.29, 0.717) is 6.54 Å². The Morgan fingerprint density at radius 3 is 2.94 bits per heavy atom. The Balaban J connectivity index is 1.82. The van der Waals surface area contributed by atoms with E-state index >= 15 is 0 Å². The van der Waals surface area contributed by atoms with Gasteiger partial charge >= 0.3 is 0 Å². The molecule has 0 aromatic carbocycles. The average Bonchev–Trinajstić information content (AvgIpc) is 2.85. The molecule has 1 amide bonds. The molecule has 0 saturated carbocycles. The van der Waals surface area contributed by atoms with Gasteiger partial charge in [0.15, 0.2) is 0 Å². The zero-order chi connectivity index (χ0) is 12.3. The lowest BCUT2D eigenvalue weighted by molar-refractivity contribution is -0.122. The number of amides is 1. The van der Waals surface area contributed by atoms with Gasteiger partial charge in [0.1, 0.15) is 6.54 Å². The minimum Gasteiger partial charge on any atom is -0.350 e. The van der Waals surface area contributed by atoms with Crippen molar-refractivity contribution in [1.82, 2.24) is 24.9 Å². The molecule has 0 bridgehead atoms. The Kier molecular flexibility index (Phi) is 3.22. The van der Waals surface area contributed by atoms with E-state index in [0.717, 1.165) is 11.3 Å². The molecule has 6 nitrogen and oxygen atoms in total. The molecule has 0 aliphatic rings. The smallest absolute Gasteiger partial charge is 0.241 e. The van der Waals surface area contributed by atoms with Gasteiger partial charge in [0.05, 0.1) is 11.9 Å². The molecule has 17 heavy (non-hydrogen) atoms. The summed E-state index contributed by atoms with van der Waals surface area (Å²) in [5.74, 6) is -0.0584. The SMILES string of the molecule is Cc1ccn(CC(=O)NCc2cnn(C)c2)n1. The summed E-state index contributed by atoms with van der Waals surface area (Å²) < 4.78 is 3.33. The van der Waals surface area contributed by atoms with Gasteiger partial charge in [0.25, 0.3) is 0 Å². The van der Waals surface area contributed by atoms with Crippen LogP contribution in [-0.2, 0) is 24.9 Å². The van der Waals surface area contributed by atoms with Crippen LogP contribution in [0, 0.1) is 6.92 Å². The lowest BCUT2D eigenvalue weighted by atomic mass is 10.3. The third-order valence-corrected chi connectivity index (χ3v) is 2.33. The van der Waals surface area contributed by atoms with Gasteiger partial charge in [0.2, 0.25) is 5.91 Å². The molecule has 0 atom stereocenters. The lowest BCUT2D eigenvalue weighted by Gasteiger charge is -2.03. The molecular weight excluding hydrogens is 218 g/mol. The second-order valence-electron chi connectivity index (χ2n) is 3.95. The molecule has 1 N–H and O–H groups in total. The maximum Gasteiger partial charge on any atom is 0.241 e. The van der Waals surface area contributed by atoms with Crippen LogP contribution in [0.2, 0.25) is 0 Å². The van der Waals surface area contributed by atoms with Gasteiger partial charge < -0.3 is 5.32 Å². The van der Waals surface area contributed by atoms with Gasteiger partial charge in [-0.25, -0.2) is 0 Å². The molecule has 2 heterocycles. The fourth-order valence-electron chi connectivity index (χ4n) is 1.52. The highest BCUT2D eigenvalue weighted by Gasteiger charge is 2.04. The number of rotatable bonds is 4. The molecule has 0 spiro atoms. The van der Waals surface area contributed by atoms with Crippen molar-refractivity contribution in [3.8, 4) is 0 Å². The van der Waals surface area contributed by atoms with Crippen LogP contribution >= 0.6 is 0 Å². The average molecular weight is 233 g/mol. The predicted octanol–water partition coefficient (Wildman–Crippen LogP) is 0.241. The quantitative estimate of drug-likeness (QED) is 0.822. The third kappa shape index (κ3) is 3.17. The Labute approximate surface area is 99.2 Å². The number of hydrogen-bond acceptors (Lipinski definition) is 3. The van der Waals surface area contributed by atoms with E-state index in [9.17, 15) is 4.79 Å². The Morgan fingerprint density at radius 2 is 2.35 bits per heavy atom. The van der Waals surface area contributed by atoms with Crippen LogP contribution in [0.15, 0.2) is 24.7 Å². The summed E-state index contributed by atoms with van der Waals surface area (Å²) >= 11 is 0. The van der Waals surface area contributed by atoms with E-state index in [1.54, 1.807) is 21.8 Å². The van der Waals surface area contributed by atoms with Crippen molar-refractivity contribution in [1.29, 1.82) is 0 Å². The molecule has 6 heteroatoms. The van der Waals surface area contributed by atoms with Crippen molar-refractivity contribution in [2.75, 3.05) is 0 Å². The van der Waals surface area contributed by atoms with Crippen LogP contribution in [-0.4, -0.2) is 25.5 Å². The normalized spacial score (nSPS) is 10.5. The van der Waals surface area contributed by atoms with Gasteiger partial charge in [-0.15, -0.1) is 0 Å². The molecular formula is C11H15N5O. The van der Waals surface area contributed by atoms with Gasteiger partial charge in [-0.1, -0.05) is 0 Å². The van der Waals surface area contributed by atoms with E-state index in [-0.39, 0.29) is 12.5 Å². The predicted molar refractivity (Wildman–Crippen MR) is 62.0 cm³/mol. The molecule has 0 unspecified atom stereocenters. The summed E-state index contributed by atoms with van der Waals surface area (Å²) in [7, 11) is 1.85. The van der Waals surface area contributed by atoms with Crippen molar-refractivity contribution in [3.63, 3.8) is 0 Å². The molecule has 0 aliphatic heterocycles. The minimum absolute atomic E-state index is 0.0584. The molecule has 0 radical (unpaired) electrons. The number of nitrogens with zero attached hydrogens (tertiary/aromatic N) is 4. The van der Waals surface area contributed by atoms with Crippen LogP contribution in [0.5, 0.6) is 0 Å². The van der Waals surface area contributed by atoms with E-state index in [4.69, 9.17) is 0 Å². The van der Waals surface area contributed by atoms with Gasteiger partial charge in [-0.3, -0.25) is 14.2 Å². The lowest BCUT2D eigenvalue weighted by Crippen LogP contribution is -2.27. The second-order valence-corrected chi connectivity index (χ2v) is 3.95. The highest BCUT2D eigenvalue weighted by atomic mass is 16.2. The van der Waals surface area contributed by atoms with Gasteiger partial charge in [0, 0.05) is 31.5 Å². The van der Waals surface area contributed by atoms with E-state index in [1.807, 2.05) is 26.2 Å². The van der Waals surface area contributed by atoms with E-state index < -0.39 is 0 Å². The molecule has 0 fully saturated rings. The highest BCUT2D eigenvalue weighted by molar-refractivity contribution is 5.75. The molecule has 90 valence electrons. The molecule has 0 saturated heterocycles. The molecule has 2 aromatic heterocycles. The van der Waals surface area contributed by atoms with Gasteiger partial charge in [-0.2, -0.15) is 10.2 Å². The van der Waals surface area contributed by atoms with Crippen molar-refractivity contribution in [2.24, 2.45) is 7.05 Å². The maximum atomic E-state index is 11.6. The zero-order valence-electron chi connectivity index (χ0n) is 9.92. The van der Waals surface area contributed by atoms with Gasteiger partial charge in [-0.05, 0) is 13.0 Å². The van der Waals surface area contributed by atoms with Crippen molar-refractivity contribution in [2.45, 2.75) is 20.0 Å². The van der Waals surface area contributed by atoms with E-state index in [1.165, 1.54) is 0 Å². The second kappa shape index (κ2) is 4.82. The highest BCUT2D eigenvalue weighted by Crippen LogP contribution is 1.96. The first-order chi connectivity index (χ1) is 8.13. The monoisotopic (exact) mass is 233 g/mol. The zero-order valence-corrected chi connectivity index (χ0v) is 9.92. The molecule has 2 rings (SSSR count). The summed E-state index contributed by atoms with van der Waals surface area (Å²) in [6, 6.07) is 1.87. The standard InChI is InChI=1S/C11H15N5O/c1-9-3-4-16(14-9)8-11(17)12-5-10-6-13-15(2)7-10/h3-4,6-7H,5,8H2,1-2H3,(H,12,17). The van der Waals surface area contributed by atoms with Crippen LogP contribution in [0.1, 0.15) is 11.3 Å². The van der Waals surface area contributed by atoms with Crippen molar-refractivity contribution in [3.05, 3.63) is 35.9 Å². The summed E-state index contributed by atoms with van der Waals surface area (Å²) in [6.07, 6.45) is 5.40. The number of hydrogen-bond donors (Lipinski definition) is 1. The minimum atomic E-state index is -0.0584. The number of carbonyl (C=O) groups excluding carboxylic acids is 1. The number of aryl methyl sites for hydroxylation is 2. The topological polar surface area (TPSA) is 64.7 Å². The number of carbonyl (C=O) groups is 1. The van der Waals surface area contributed by atoms with Crippen LogP contribution in [0.4, 0.5) is 0 Å². The summed E-state index contributed by atoms with van der Waals surface area (Å²) in [4.78, 5) is 11.6. The fourth-order valence-corrected chi connectivity index (χ4v) is 1.52. The van der Waals surface area contributed by atoms with Crippen molar-refractivity contribution >= 4 is 5.91 Å². The fraction of sp³-hybridized carbons (Fsp3) is 0.364. The first kappa shape index (κ1) is 11.4. The Bertz CT molecular complexity index is 513. The first-order valence-corrected chi connectivity index (χ1v) is 5.38. The Morgan fingerprint density at radius 1 is 1.53 bits per heavy atom. The van der Waals surface area contributed by atoms with Crippen molar-refractivity contribution < 1.29 is 4.79 Å². The van der Waals surface area contributed by atoms with E-state index in [2.05, 4.69) is 15.5 Å². The largest absolute Gasteiger partial charge is 0.350 e. The summed E-state index contributed by atoms with van der Waals surface area (Å²) in [6.45, 7) is 2.63. The summed E-state index contributed by atoms with van der Waals surface area (Å²) in [5.41, 5.74) is 1.89. The van der Waals surface area contributed by atoms with Crippen LogP contribution < -0.4 is 5.32 Å². The third-order valence-electron chi connectivity index (χ3n) is 2.33. The first-order valence-electron chi connectivity index (χ1n) is 5.38.